The minimum Gasteiger partial charge on any atom is -0.399 e. The first kappa shape index (κ1) is 23.0. The second-order valence-corrected chi connectivity index (χ2v) is 9.00. The van der Waals surface area contributed by atoms with Crippen molar-refractivity contribution in [2.75, 3.05) is 19.8 Å². The van der Waals surface area contributed by atoms with Crippen LogP contribution in [0.4, 0.5) is 4.39 Å². The van der Waals surface area contributed by atoms with Crippen LogP contribution in [0, 0.1) is 5.82 Å². The minimum atomic E-state index is -0.830. The maximum atomic E-state index is 14.9. The quantitative estimate of drug-likeness (QED) is 0.458. The summed E-state index contributed by atoms with van der Waals surface area (Å²) in [4.78, 5) is 0. The predicted octanol–water partition coefficient (Wildman–Crippen LogP) is 4.23. The van der Waals surface area contributed by atoms with E-state index in [4.69, 9.17) is 35.1 Å². The lowest BCUT2D eigenvalue weighted by Gasteiger charge is -2.32. The number of ether oxygens (including phenoxy) is 3. The zero-order valence-electron chi connectivity index (χ0n) is 17.8. The largest absolute Gasteiger partial charge is 0.498 e. The molecule has 1 aromatic rings. The van der Waals surface area contributed by atoms with Crippen LogP contribution in [-0.4, -0.2) is 44.4 Å². The Morgan fingerprint density at radius 3 is 2.52 bits per heavy atom. The summed E-state index contributed by atoms with van der Waals surface area (Å²) < 4.78 is 43.9. The SMILES string of the molecule is CC1(C)OB(c2c(COCCCOC3CCCCO3)ccc(Cl)c2F)OC1(C)C. The molecule has 2 fully saturated rings. The molecule has 0 N–H and O–H groups in total. The number of halogens is 2. The molecule has 3 rings (SSSR count). The van der Waals surface area contributed by atoms with Gasteiger partial charge >= 0.3 is 7.12 Å². The molecule has 0 saturated carbocycles. The smallest absolute Gasteiger partial charge is 0.399 e. The summed E-state index contributed by atoms with van der Waals surface area (Å²) in [6, 6.07) is 3.30. The van der Waals surface area contributed by atoms with E-state index in [0.29, 0.717) is 24.2 Å². The third kappa shape index (κ3) is 5.52. The molecule has 1 unspecified atom stereocenters. The zero-order chi connectivity index (χ0) is 21.1. The molecular formula is C21H31BClFO5. The van der Waals surface area contributed by atoms with Gasteiger partial charge in [0.05, 0.1) is 29.4 Å². The summed E-state index contributed by atoms with van der Waals surface area (Å²) in [5.74, 6) is -0.524. The van der Waals surface area contributed by atoms with Gasteiger partial charge in [-0.3, -0.25) is 0 Å². The highest BCUT2D eigenvalue weighted by Crippen LogP contribution is 2.37. The molecule has 2 heterocycles. The molecule has 0 spiro atoms. The van der Waals surface area contributed by atoms with Gasteiger partial charge in [-0.25, -0.2) is 4.39 Å². The minimum absolute atomic E-state index is 0.0411. The van der Waals surface area contributed by atoms with Crippen LogP contribution in [0.1, 0.15) is 58.9 Å². The van der Waals surface area contributed by atoms with Gasteiger partial charge in [-0.15, -0.1) is 0 Å². The molecule has 29 heavy (non-hydrogen) atoms. The molecule has 1 atom stereocenters. The molecule has 0 amide bonds. The summed E-state index contributed by atoms with van der Waals surface area (Å²) in [5.41, 5.74) is -0.156. The average Bonchev–Trinajstić information content (AvgIpc) is 2.88. The van der Waals surface area contributed by atoms with E-state index in [9.17, 15) is 4.39 Å². The average molecular weight is 429 g/mol. The Bertz CT molecular complexity index is 678. The summed E-state index contributed by atoms with van der Waals surface area (Å²) in [6.07, 6.45) is 3.84. The Balaban J connectivity index is 1.55. The fraction of sp³-hybridized carbons (Fsp3) is 0.714. The van der Waals surface area contributed by atoms with Crippen molar-refractivity contribution in [2.45, 2.75) is 77.5 Å². The van der Waals surface area contributed by atoms with E-state index in [-0.39, 0.29) is 17.9 Å². The lowest BCUT2D eigenvalue weighted by atomic mass is 9.75. The van der Waals surface area contributed by atoms with Gasteiger partial charge in [0.25, 0.3) is 0 Å². The molecule has 162 valence electrons. The fourth-order valence-electron chi connectivity index (χ4n) is 3.35. The maximum absolute atomic E-state index is 14.9. The van der Waals surface area contributed by atoms with Crippen LogP contribution >= 0.6 is 11.6 Å². The summed E-state index contributed by atoms with van der Waals surface area (Å²) in [6.45, 7) is 9.81. The Hall–Kier alpha value is -0.695. The number of hydrogen-bond donors (Lipinski definition) is 0. The number of hydrogen-bond acceptors (Lipinski definition) is 5. The third-order valence-electron chi connectivity index (χ3n) is 5.84. The van der Waals surface area contributed by atoms with Gasteiger partial charge in [0, 0.05) is 18.7 Å². The Kier molecular flexibility index (Phi) is 7.63. The second-order valence-electron chi connectivity index (χ2n) is 8.60. The zero-order valence-corrected chi connectivity index (χ0v) is 18.5. The first-order chi connectivity index (χ1) is 13.7. The topological polar surface area (TPSA) is 46.2 Å². The van der Waals surface area contributed by atoms with Crippen LogP contribution in [0.5, 0.6) is 0 Å². The molecule has 0 aliphatic carbocycles. The Morgan fingerprint density at radius 1 is 1.14 bits per heavy atom. The molecule has 1 aromatic carbocycles. The molecule has 2 aliphatic rings. The monoisotopic (exact) mass is 428 g/mol. The van der Waals surface area contributed by atoms with Crippen LogP contribution in [0.15, 0.2) is 12.1 Å². The number of rotatable bonds is 8. The van der Waals surface area contributed by atoms with Crippen LogP contribution in [0.25, 0.3) is 0 Å². The molecule has 5 nitrogen and oxygen atoms in total. The van der Waals surface area contributed by atoms with Crippen molar-refractivity contribution < 1.29 is 27.9 Å². The first-order valence-corrected chi connectivity index (χ1v) is 10.7. The molecule has 0 bridgehead atoms. The van der Waals surface area contributed by atoms with Crippen molar-refractivity contribution in [2.24, 2.45) is 0 Å². The van der Waals surface area contributed by atoms with Crippen LogP contribution in [0.3, 0.4) is 0 Å². The second kappa shape index (κ2) is 9.63. The fourth-order valence-corrected chi connectivity index (χ4v) is 3.51. The highest BCUT2D eigenvalue weighted by molar-refractivity contribution is 6.63. The standard InChI is InChI=1S/C21H31BClFO5/c1-20(2)21(3,4)29-22(28-20)18-15(9-10-16(23)19(18)24)14-25-11-7-13-27-17-8-5-6-12-26-17/h9-10,17H,5-8,11-14H2,1-4H3. The van der Waals surface area contributed by atoms with Crippen molar-refractivity contribution in [1.29, 1.82) is 0 Å². The Labute approximate surface area is 178 Å². The van der Waals surface area contributed by atoms with Gasteiger partial charge in [0.2, 0.25) is 0 Å². The van der Waals surface area contributed by atoms with E-state index in [1.807, 2.05) is 27.7 Å². The first-order valence-electron chi connectivity index (χ1n) is 10.3. The predicted molar refractivity (Wildman–Crippen MR) is 111 cm³/mol. The van der Waals surface area contributed by atoms with Crippen LogP contribution < -0.4 is 5.46 Å². The molecule has 0 aromatic heterocycles. The van der Waals surface area contributed by atoms with Gasteiger partial charge in [-0.2, -0.15) is 0 Å². The Morgan fingerprint density at radius 2 is 1.86 bits per heavy atom. The highest BCUT2D eigenvalue weighted by atomic mass is 35.5. The van der Waals surface area contributed by atoms with E-state index < -0.39 is 24.1 Å². The summed E-state index contributed by atoms with van der Waals surface area (Å²) in [5, 5.41) is 0.0411. The lowest BCUT2D eigenvalue weighted by Crippen LogP contribution is -2.41. The van der Waals surface area contributed by atoms with E-state index >= 15 is 0 Å². The highest BCUT2D eigenvalue weighted by Gasteiger charge is 2.53. The van der Waals surface area contributed by atoms with Crippen molar-refractivity contribution in [3.63, 3.8) is 0 Å². The lowest BCUT2D eigenvalue weighted by molar-refractivity contribution is -0.164. The number of benzene rings is 1. The van der Waals surface area contributed by atoms with E-state index in [2.05, 4.69) is 0 Å². The molecule has 2 saturated heterocycles. The molecular weight excluding hydrogens is 397 g/mol. The van der Waals surface area contributed by atoms with E-state index in [1.54, 1.807) is 6.07 Å². The van der Waals surface area contributed by atoms with Gasteiger partial charge in [0.1, 0.15) is 5.82 Å². The van der Waals surface area contributed by atoms with E-state index in [1.165, 1.54) is 6.07 Å². The molecule has 2 aliphatic heterocycles. The summed E-state index contributed by atoms with van der Waals surface area (Å²) in [7, 11) is -0.830. The van der Waals surface area contributed by atoms with Crippen molar-refractivity contribution >= 4 is 24.2 Å². The molecule has 8 heteroatoms. The third-order valence-corrected chi connectivity index (χ3v) is 6.14. The molecule has 0 radical (unpaired) electrons. The van der Waals surface area contributed by atoms with Crippen molar-refractivity contribution in [3.8, 4) is 0 Å². The van der Waals surface area contributed by atoms with Crippen molar-refractivity contribution in [3.05, 3.63) is 28.5 Å². The van der Waals surface area contributed by atoms with Crippen molar-refractivity contribution in [1.82, 2.24) is 0 Å². The van der Waals surface area contributed by atoms with Gasteiger partial charge in [0.15, 0.2) is 6.29 Å². The van der Waals surface area contributed by atoms with Gasteiger partial charge < -0.3 is 23.5 Å². The normalized spacial score (nSPS) is 23.5. The van der Waals surface area contributed by atoms with Gasteiger partial charge in [-0.1, -0.05) is 17.7 Å². The van der Waals surface area contributed by atoms with Crippen LogP contribution in [0.2, 0.25) is 5.02 Å². The summed E-state index contributed by atoms with van der Waals surface area (Å²) >= 11 is 6.03. The van der Waals surface area contributed by atoms with Gasteiger partial charge in [-0.05, 0) is 65.0 Å². The van der Waals surface area contributed by atoms with Crippen LogP contribution in [-0.2, 0) is 30.1 Å². The maximum Gasteiger partial charge on any atom is 0.498 e. The van der Waals surface area contributed by atoms with E-state index in [0.717, 1.165) is 32.3 Å².